The lowest BCUT2D eigenvalue weighted by Crippen LogP contribution is -2.05. The topological polar surface area (TPSA) is 46.2 Å². The van der Waals surface area contributed by atoms with Gasteiger partial charge in [0.15, 0.2) is 9.84 Å². The molecule has 1 N–H and O–H groups in total. The van der Waals surface area contributed by atoms with E-state index in [2.05, 4.69) is 11.6 Å². The molecular weight excluding hydrogens is 254 g/mol. The second-order valence-corrected chi connectivity index (χ2v) is 7.02. The number of hydrogen-bond donors (Lipinski definition) is 1. The fraction of sp³-hybridized carbons (Fsp3) is 0.500. The van der Waals surface area contributed by atoms with Crippen molar-refractivity contribution in [3.05, 3.63) is 23.8 Å². The molecule has 0 saturated heterocycles. The van der Waals surface area contributed by atoms with Gasteiger partial charge in [0.2, 0.25) is 0 Å². The summed E-state index contributed by atoms with van der Waals surface area (Å²) in [6.45, 7) is 2.85. The molecule has 0 aliphatic heterocycles. The third-order valence-corrected chi connectivity index (χ3v) is 4.29. The number of anilines is 1. The number of sulfone groups is 1. The summed E-state index contributed by atoms with van der Waals surface area (Å²) in [5.41, 5.74) is 1.98. The van der Waals surface area contributed by atoms with Gasteiger partial charge in [0, 0.05) is 18.5 Å². The maximum atomic E-state index is 11.4. The standard InChI is InChI=1S/C12H19NO2S2/c1-10-5-6-11(17(3,14)15)9-12(10)13-7-4-8-16-2/h5-6,9,13H,4,7-8H2,1-3H3. The Hall–Kier alpha value is -0.680. The molecule has 0 radical (unpaired) electrons. The van der Waals surface area contributed by atoms with Crippen LogP contribution in [0.2, 0.25) is 0 Å². The summed E-state index contributed by atoms with van der Waals surface area (Å²) < 4.78 is 22.9. The van der Waals surface area contributed by atoms with Crippen LogP contribution in [0.25, 0.3) is 0 Å². The lowest BCUT2D eigenvalue weighted by molar-refractivity contribution is 0.602. The van der Waals surface area contributed by atoms with Crippen LogP contribution in [-0.4, -0.2) is 33.2 Å². The van der Waals surface area contributed by atoms with Crippen LogP contribution in [0, 0.1) is 6.92 Å². The average Bonchev–Trinajstić information content (AvgIpc) is 2.25. The third kappa shape index (κ3) is 4.60. The van der Waals surface area contributed by atoms with Gasteiger partial charge in [0.05, 0.1) is 4.90 Å². The van der Waals surface area contributed by atoms with Crippen LogP contribution < -0.4 is 5.32 Å². The zero-order valence-corrected chi connectivity index (χ0v) is 12.1. The van der Waals surface area contributed by atoms with Crippen molar-refractivity contribution in [2.75, 3.05) is 30.1 Å². The smallest absolute Gasteiger partial charge is 0.175 e. The first-order chi connectivity index (χ1) is 7.95. The fourth-order valence-corrected chi connectivity index (χ4v) is 2.54. The van der Waals surface area contributed by atoms with Gasteiger partial charge in [-0.05, 0) is 43.0 Å². The van der Waals surface area contributed by atoms with E-state index in [1.165, 1.54) is 6.26 Å². The van der Waals surface area contributed by atoms with Gasteiger partial charge in [-0.1, -0.05) is 6.07 Å². The highest BCUT2D eigenvalue weighted by Crippen LogP contribution is 2.20. The van der Waals surface area contributed by atoms with E-state index in [4.69, 9.17) is 0 Å². The van der Waals surface area contributed by atoms with Crippen LogP contribution in [0.3, 0.4) is 0 Å². The predicted molar refractivity (Wildman–Crippen MR) is 75.8 cm³/mol. The van der Waals surface area contributed by atoms with Crippen LogP contribution in [0.15, 0.2) is 23.1 Å². The maximum Gasteiger partial charge on any atom is 0.175 e. The van der Waals surface area contributed by atoms with Crippen molar-refractivity contribution in [2.45, 2.75) is 18.2 Å². The van der Waals surface area contributed by atoms with Gasteiger partial charge in [-0.25, -0.2) is 8.42 Å². The van der Waals surface area contributed by atoms with Crippen LogP contribution in [0.5, 0.6) is 0 Å². The van der Waals surface area contributed by atoms with Gasteiger partial charge in [0.25, 0.3) is 0 Å². The maximum absolute atomic E-state index is 11.4. The number of thioether (sulfide) groups is 1. The fourth-order valence-electron chi connectivity index (χ4n) is 1.46. The van der Waals surface area contributed by atoms with E-state index in [1.807, 2.05) is 24.8 Å². The number of nitrogens with one attached hydrogen (secondary N) is 1. The van der Waals surface area contributed by atoms with Gasteiger partial charge < -0.3 is 5.32 Å². The molecule has 5 heteroatoms. The predicted octanol–water partition coefficient (Wildman–Crippen LogP) is 2.56. The molecule has 0 fully saturated rings. The Bertz CT molecular complexity index is 469. The van der Waals surface area contributed by atoms with Gasteiger partial charge in [-0.2, -0.15) is 11.8 Å². The molecule has 0 aliphatic rings. The summed E-state index contributed by atoms with van der Waals surface area (Å²) in [5.74, 6) is 1.11. The lowest BCUT2D eigenvalue weighted by Gasteiger charge is -2.10. The Morgan fingerprint density at radius 2 is 2.06 bits per heavy atom. The Morgan fingerprint density at radius 3 is 2.65 bits per heavy atom. The molecule has 0 atom stereocenters. The van der Waals surface area contributed by atoms with Gasteiger partial charge in [0.1, 0.15) is 0 Å². The third-order valence-electron chi connectivity index (χ3n) is 2.48. The van der Waals surface area contributed by atoms with E-state index >= 15 is 0 Å². The van der Waals surface area contributed by atoms with Crippen molar-refractivity contribution in [1.82, 2.24) is 0 Å². The van der Waals surface area contributed by atoms with Crippen LogP contribution in [0.4, 0.5) is 5.69 Å². The normalized spacial score (nSPS) is 11.5. The van der Waals surface area contributed by atoms with Crippen molar-refractivity contribution in [2.24, 2.45) is 0 Å². The summed E-state index contributed by atoms with van der Waals surface area (Å²) in [6.07, 6.45) is 4.38. The molecule has 0 aliphatic carbocycles. The van der Waals surface area contributed by atoms with E-state index in [1.54, 1.807) is 12.1 Å². The zero-order valence-electron chi connectivity index (χ0n) is 10.5. The summed E-state index contributed by atoms with van der Waals surface area (Å²) >= 11 is 1.81. The van der Waals surface area contributed by atoms with Crippen molar-refractivity contribution in [1.29, 1.82) is 0 Å². The van der Waals surface area contributed by atoms with Gasteiger partial charge in [-0.15, -0.1) is 0 Å². The van der Waals surface area contributed by atoms with Crippen LogP contribution in [-0.2, 0) is 9.84 Å². The van der Waals surface area contributed by atoms with Crippen molar-refractivity contribution < 1.29 is 8.42 Å². The summed E-state index contributed by atoms with van der Waals surface area (Å²) in [5, 5.41) is 3.28. The molecule has 17 heavy (non-hydrogen) atoms. The van der Waals surface area contributed by atoms with Gasteiger partial charge >= 0.3 is 0 Å². The second-order valence-electron chi connectivity index (χ2n) is 4.02. The Kier molecular flexibility index (Phi) is 5.33. The molecule has 96 valence electrons. The molecule has 1 aromatic carbocycles. The summed E-state index contributed by atoms with van der Waals surface area (Å²) in [6, 6.07) is 5.20. The van der Waals surface area contributed by atoms with Crippen molar-refractivity contribution in [3.63, 3.8) is 0 Å². The first-order valence-corrected chi connectivity index (χ1v) is 8.77. The molecule has 0 amide bonds. The van der Waals surface area contributed by atoms with Crippen LogP contribution >= 0.6 is 11.8 Å². The molecule has 0 unspecified atom stereocenters. The molecular formula is C12H19NO2S2. The molecule has 0 saturated carbocycles. The highest BCUT2D eigenvalue weighted by molar-refractivity contribution is 7.98. The number of rotatable bonds is 6. The molecule has 0 bridgehead atoms. The largest absolute Gasteiger partial charge is 0.385 e. The van der Waals surface area contributed by atoms with Crippen LogP contribution in [0.1, 0.15) is 12.0 Å². The summed E-state index contributed by atoms with van der Waals surface area (Å²) in [4.78, 5) is 0.371. The summed E-state index contributed by atoms with van der Waals surface area (Å²) in [7, 11) is -3.12. The minimum absolute atomic E-state index is 0.371. The average molecular weight is 273 g/mol. The number of hydrogen-bond acceptors (Lipinski definition) is 4. The Balaban J connectivity index is 2.77. The highest BCUT2D eigenvalue weighted by Gasteiger charge is 2.08. The monoisotopic (exact) mass is 273 g/mol. The molecule has 0 aromatic heterocycles. The first kappa shape index (κ1) is 14.4. The van der Waals surface area contributed by atoms with E-state index in [-0.39, 0.29) is 0 Å². The van der Waals surface area contributed by atoms with E-state index < -0.39 is 9.84 Å². The highest BCUT2D eigenvalue weighted by atomic mass is 32.2. The number of benzene rings is 1. The van der Waals surface area contributed by atoms with E-state index in [0.717, 1.165) is 30.0 Å². The van der Waals surface area contributed by atoms with Gasteiger partial charge in [-0.3, -0.25) is 0 Å². The van der Waals surface area contributed by atoms with E-state index in [9.17, 15) is 8.42 Å². The minimum Gasteiger partial charge on any atom is -0.385 e. The molecule has 3 nitrogen and oxygen atoms in total. The SMILES string of the molecule is CSCCCNc1cc(S(C)(=O)=O)ccc1C. The van der Waals surface area contributed by atoms with E-state index in [0.29, 0.717) is 4.90 Å². The quantitative estimate of drug-likeness (QED) is 0.809. The minimum atomic E-state index is -3.12. The van der Waals surface area contributed by atoms with Crippen molar-refractivity contribution in [3.8, 4) is 0 Å². The number of aryl methyl sites for hydroxylation is 1. The Labute approximate surface area is 108 Å². The second kappa shape index (κ2) is 6.31. The first-order valence-electron chi connectivity index (χ1n) is 5.48. The van der Waals surface area contributed by atoms with Crippen molar-refractivity contribution >= 4 is 27.3 Å². The Morgan fingerprint density at radius 1 is 1.35 bits per heavy atom. The molecule has 1 rings (SSSR count). The molecule has 1 aromatic rings. The zero-order chi connectivity index (χ0) is 12.9. The molecule has 0 spiro atoms. The molecule has 0 heterocycles. The lowest BCUT2D eigenvalue weighted by atomic mass is 10.2.